The Balaban J connectivity index is 2.15. The van der Waals surface area contributed by atoms with E-state index in [2.05, 4.69) is 12.6 Å². The molecule has 0 bridgehead atoms. The highest BCUT2D eigenvalue weighted by Gasteiger charge is 2.27. The van der Waals surface area contributed by atoms with Gasteiger partial charge in [-0.3, -0.25) is 4.79 Å². The third-order valence-corrected chi connectivity index (χ3v) is 3.79. The van der Waals surface area contributed by atoms with Crippen molar-refractivity contribution in [2.24, 2.45) is 0 Å². The van der Waals surface area contributed by atoms with Gasteiger partial charge < -0.3 is 4.90 Å². The summed E-state index contributed by atoms with van der Waals surface area (Å²) in [5.74, 6) is 0.121. The van der Waals surface area contributed by atoms with Crippen molar-refractivity contribution < 1.29 is 4.79 Å². The van der Waals surface area contributed by atoms with Crippen molar-refractivity contribution in [3.63, 3.8) is 0 Å². The van der Waals surface area contributed by atoms with Crippen LogP contribution in [0.15, 0.2) is 18.2 Å². The minimum Gasteiger partial charge on any atom is -0.337 e. The summed E-state index contributed by atoms with van der Waals surface area (Å²) < 4.78 is 0. The monoisotopic (exact) mass is 275 g/mol. The Morgan fingerprint density at radius 1 is 1.44 bits per heavy atom. The topological polar surface area (TPSA) is 20.3 Å². The minimum absolute atomic E-state index is 0.121. The highest BCUT2D eigenvalue weighted by molar-refractivity contribution is 7.81. The molecule has 1 amide bonds. The van der Waals surface area contributed by atoms with Crippen LogP contribution in [0, 0.1) is 0 Å². The average Bonchev–Trinajstić information content (AvgIpc) is 2.53. The molecule has 0 aliphatic carbocycles. The van der Waals surface area contributed by atoms with Crippen LogP contribution in [0.5, 0.6) is 0 Å². The molecule has 2 nitrogen and oxygen atoms in total. The quantitative estimate of drug-likeness (QED) is 0.823. The van der Waals surface area contributed by atoms with Crippen LogP contribution in [-0.4, -0.2) is 22.6 Å². The molecular formula is C11H11Cl2NOS. The highest BCUT2D eigenvalue weighted by atomic mass is 35.5. The molecule has 0 aromatic heterocycles. The summed E-state index contributed by atoms with van der Waals surface area (Å²) in [5.41, 5.74) is 0.880. The molecular weight excluding hydrogens is 265 g/mol. The van der Waals surface area contributed by atoms with Crippen molar-refractivity contribution in [3.05, 3.63) is 33.8 Å². The smallest absolute Gasteiger partial charge is 0.224 e. The lowest BCUT2D eigenvalue weighted by Gasteiger charge is -2.17. The fourth-order valence-corrected chi connectivity index (χ4v) is 2.51. The van der Waals surface area contributed by atoms with Gasteiger partial charge in [-0.25, -0.2) is 0 Å². The molecule has 2 rings (SSSR count). The summed E-state index contributed by atoms with van der Waals surface area (Å²) in [6.07, 6.45) is 0.501. The van der Waals surface area contributed by atoms with Gasteiger partial charge in [0, 0.05) is 24.8 Å². The molecule has 1 atom stereocenters. The van der Waals surface area contributed by atoms with Gasteiger partial charge in [-0.15, -0.1) is 0 Å². The van der Waals surface area contributed by atoms with Gasteiger partial charge in [-0.1, -0.05) is 35.3 Å². The molecule has 1 aliphatic rings. The van der Waals surface area contributed by atoms with E-state index in [9.17, 15) is 4.79 Å². The molecule has 0 radical (unpaired) electrons. The van der Waals surface area contributed by atoms with Crippen molar-refractivity contribution in [1.82, 2.24) is 4.90 Å². The van der Waals surface area contributed by atoms with Gasteiger partial charge in [-0.05, 0) is 11.6 Å². The predicted octanol–water partition coefficient (Wildman–Crippen LogP) is 3.02. The first-order chi connectivity index (χ1) is 7.58. The van der Waals surface area contributed by atoms with Gasteiger partial charge in [-0.2, -0.15) is 12.6 Å². The Kier molecular flexibility index (Phi) is 3.67. The molecule has 1 unspecified atom stereocenters. The molecule has 1 fully saturated rings. The summed E-state index contributed by atoms with van der Waals surface area (Å²) >= 11 is 16.3. The lowest BCUT2D eigenvalue weighted by Crippen LogP contribution is -2.24. The van der Waals surface area contributed by atoms with Crippen LogP contribution < -0.4 is 0 Å². The predicted molar refractivity (Wildman–Crippen MR) is 69.3 cm³/mol. The SMILES string of the molecule is O=C1CC(S)CN1Cc1cccc(Cl)c1Cl. The molecule has 1 aromatic rings. The van der Waals surface area contributed by atoms with Gasteiger partial charge in [0.25, 0.3) is 0 Å². The van der Waals surface area contributed by atoms with Gasteiger partial charge >= 0.3 is 0 Å². The molecule has 86 valence electrons. The molecule has 1 heterocycles. The third-order valence-electron chi connectivity index (χ3n) is 2.59. The second-order valence-corrected chi connectivity index (χ2v) is 5.36. The van der Waals surface area contributed by atoms with Crippen molar-refractivity contribution in [3.8, 4) is 0 Å². The highest BCUT2D eigenvalue weighted by Crippen LogP contribution is 2.28. The van der Waals surface area contributed by atoms with Gasteiger partial charge in [0.2, 0.25) is 5.91 Å². The normalized spacial score (nSPS) is 20.6. The zero-order valence-electron chi connectivity index (χ0n) is 8.49. The average molecular weight is 276 g/mol. The summed E-state index contributed by atoms with van der Waals surface area (Å²) in [6.45, 7) is 1.18. The van der Waals surface area contributed by atoms with E-state index >= 15 is 0 Å². The number of nitrogens with zero attached hydrogens (tertiary/aromatic N) is 1. The Hall–Kier alpha value is -0.380. The zero-order valence-corrected chi connectivity index (χ0v) is 10.9. The van der Waals surface area contributed by atoms with E-state index in [1.165, 1.54) is 0 Å². The zero-order chi connectivity index (χ0) is 11.7. The number of likely N-dealkylation sites (tertiary alicyclic amines) is 1. The van der Waals surface area contributed by atoms with E-state index in [1.54, 1.807) is 11.0 Å². The molecule has 0 spiro atoms. The molecule has 1 aromatic carbocycles. The summed E-state index contributed by atoms with van der Waals surface area (Å²) in [7, 11) is 0. The summed E-state index contributed by atoms with van der Waals surface area (Å²) in [4.78, 5) is 13.3. The van der Waals surface area contributed by atoms with Gasteiger partial charge in [0.1, 0.15) is 0 Å². The third kappa shape index (κ3) is 2.47. The van der Waals surface area contributed by atoms with Crippen LogP contribution in [0.4, 0.5) is 0 Å². The Bertz CT molecular complexity index is 424. The molecule has 5 heteroatoms. The minimum atomic E-state index is 0.121. The molecule has 0 saturated carbocycles. The van der Waals surface area contributed by atoms with Crippen LogP contribution >= 0.6 is 35.8 Å². The van der Waals surface area contributed by atoms with Crippen molar-refractivity contribution in [2.45, 2.75) is 18.2 Å². The first kappa shape index (κ1) is 12.1. The number of carbonyl (C=O) groups excluding carboxylic acids is 1. The van der Waals surface area contributed by atoms with Crippen molar-refractivity contribution in [2.75, 3.05) is 6.54 Å². The van der Waals surface area contributed by atoms with Gasteiger partial charge in [0.05, 0.1) is 10.0 Å². The number of carbonyl (C=O) groups is 1. The fraction of sp³-hybridized carbons (Fsp3) is 0.364. The van der Waals surface area contributed by atoms with E-state index in [4.69, 9.17) is 23.2 Å². The standard InChI is InChI=1S/C11H11Cl2NOS/c12-9-3-1-2-7(11(9)13)5-14-6-8(16)4-10(14)15/h1-3,8,16H,4-6H2. The second kappa shape index (κ2) is 4.86. The molecule has 1 aliphatic heterocycles. The second-order valence-electron chi connectivity index (χ2n) is 3.85. The molecule has 1 saturated heterocycles. The molecule has 0 N–H and O–H groups in total. The van der Waals surface area contributed by atoms with Crippen LogP contribution in [0.3, 0.4) is 0 Å². The van der Waals surface area contributed by atoms with E-state index in [-0.39, 0.29) is 11.2 Å². The van der Waals surface area contributed by atoms with Crippen LogP contribution in [0.2, 0.25) is 10.0 Å². The summed E-state index contributed by atoms with van der Waals surface area (Å²) in [5, 5.41) is 1.18. The van der Waals surface area contributed by atoms with Crippen LogP contribution in [0.1, 0.15) is 12.0 Å². The molecule has 16 heavy (non-hydrogen) atoms. The fourth-order valence-electron chi connectivity index (χ4n) is 1.78. The first-order valence-corrected chi connectivity index (χ1v) is 6.24. The van der Waals surface area contributed by atoms with E-state index in [0.29, 0.717) is 29.6 Å². The maximum Gasteiger partial charge on any atom is 0.224 e. The number of hydrogen-bond acceptors (Lipinski definition) is 2. The van der Waals surface area contributed by atoms with Gasteiger partial charge in [0.15, 0.2) is 0 Å². The largest absolute Gasteiger partial charge is 0.337 e. The number of benzene rings is 1. The van der Waals surface area contributed by atoms with Crippen LogP contribution in [0.25, 0.3) is 0 Å². The van der Waals surface area contributed by atoms with E-state index in [1.807, 2.05) is 12.1 Å². The van der Waals surface area contributed by atoms with E-state index in [0.717, 1.165) is 5.56 Å². The maximum atomic E-state index is 11.6. The Morgan fingerprint density at radius 2 is 2.19 bits per heavy atom. The number of halogens is 2. The maximum absolute atomic E-state index is 11.6. The van der Waals surface area contributed by atoms with Crippen LogP contribution in [-0.2, 0) is 11.3 Å². The lowest BCUT2D eigenvalue weighted by atomic mass is 10.2. The Morgan fingerprint density at radius 3 is 2.81 bits per heavy atom. The lowest BCUT2D eigenvalue weighted by molar-refractivity contribution is -0.128. The number of hydrogen-bond donors (Lipinski definition) is 1. The Labute approximate surface area is 110 Å². The first-order valence-electron chi connectivity index (χ1n) is 4.96. The van der Waals surface area contributed by atoms with Crippen molar-refractivity contribution in [1.29, 1.82) is 0 Å². The van der Waals surface area contributed by atoms with E-state index < -0.39 is 0 Å². The summed E-state index contributed by atoms with van der Waals surface area (Å²) in [6, 6.07) is 5.45. The number of rotatable bonds is 2. The number of amides is 1. The van der Waals surface area contributed by atoms with Crippen molar-refractivity contribution >= 4 is 41.7 Å². The number of thiol groups is 1.